The molecule has 0 N–H and O–H groups in total. The fraction of sp³-hybridized carbons (Fsp3) is 0.0833. The number of aromatic nitrogens is 1. The molecule has 0 aliphatic rings. The van der Waals surface area contributed by atoms with Gasteiger partial charge in [-0.1, -0.05) is 22.0 Å². The Bertz CT molecular complexity index is 634. The van der Waals surface area contributed by atoms with E-state index in [-0.39, 0.29) is 0 Å². The summed E-state index contributed by atoms with van der Waals surface area (Å²) in [5.74, 6) is 0. The van der Waals surface area contributed by atoms with Gasteiger partial charge in [-0.15, -0.1) is 0 Å². The summed E-state index contributed by atoms with van der Waals surface area (Å²) in [6, 6.07) is 8.18. The molecule has 94 valence electrons. The predicted octanol–water partition coefficient (Wildman–Crippen LogP) is 3.62. The lowest BCUT2D eigenvalue weighted by atomic mass is 10.2. The van der Waals surface area contributed by atoms with Crippen molar-refractivity contribution < 1.29 is 13.2 Å². The zero-order valence-electron chi connectivity index (χ0n) is 8.91. The second kappa shape index (κ2) is 4.61. The molecule has 0 saturated heterocycles. The van der Waals surface area contributed by atoms with Crippen LogP contribution in [0.5, 0.6) is 0 Å². The van der Waals surface area contributed by atoms with E-state index in [9.17, 15) is 18.0 Å². The minimum Gasteiger partial charge on any atom is -0.284 e. The van der Waals surface area contributed by atoms with Crippen LogP contribution in [0.25, 0.3) is 5.69 Å². The molecule has 0 amide bonds. The molecule has 2 rings (SSSR count). The SMILES string of the molecule is O=c1ccc(C(F)(F)F)cn1-c1cccc(Br)c1. The van der Waals surface area contributed by atoms with Gasteiger partial charge in [0.15, 0.2) is 0 Å². The Morgan fingerprint density at radius 1 is 1.11 bits per heavy atom. The molecule has 0 spiro atoms. The van der Waals surface area contributed by atoms with Crippen LogP contribution in [-0.2, 0) is 6.18 Å². The van der Waals surface area contributed by atoms with Crippen molar-refractivity contribution in [2.24, 2.45) is 0 Å². The monoisotopic (exact) mass is 317 g/mol. The van der Waals surface area contributed by atoms with Gasteiger partial charge >= 0.3 is 6.18 Å². The van der Waals surface area contributed by atoms with E-state index >= 15 is 0 Å². The molecule has 2 aromatic rings. The zero-order valence-corrected chi connectivity index (χ0v) is 10.5. The highest BCUT2D eigenvalue weighted by Crippen LogP contribution is 2.28. The Labute approximate surface area is 109 Å². The number of hydrogen-bond acceptors (Lipinski definition) is 1. The number of pyridine rings is 1. The number of alkyl halides is 3. The third-order valence-electron chi connectivity index (χ3n) is 2.32. The lowest BCUT2D eigenvalue weighted by Gasteiger charge is -2.10. The molecule has 0 unspecified atom stereocenters. The molecule has 1 aromatic carbocycles. The Balaban J connectivity index is 2.61. The molecule has 6 heteroatoms. The molecular formula is C12H7BrF3NO. The van der Waals surface area contributed by atoms with Crippen molar-refractivity contribution >= 4 is 15.9 Å². The van der Waals surface area contributed by atoms with Crippen molar-refractivity contribution in [3.63, 3.8) is 0 Å². The predicted molar refractivity (Wildman–Crippen MR) is 64.7 cm³/mol. The van der Waals surface area contributed by atoms with Gasteiger partial charge in [0, 0.05) is 22.4 Å². The second-order valence-electron chi connectivity index (χ2n) is 3.60. The van der Waals surface area contributed by atoms with Crippen molar-refractivity contribution in [3.05, 3.63) is 63.0 Å². The Morgan fingerprint density at radius 2 is 1.83 bits per heavy atom. The summed E-state index contributed by atoms with van der Waals surface area (Å²) in [6.45, 7) is 0. The highest BCUT2D eigenvalue weighted by atomic mass is 79.9. The first kappa shape index (κ1) is 12.9. The summed E-state index contributed by atoms with van der Waals surface area (Å²) in [4.78, 5) is 11.6. The van der Waals surface area contributed by atoms with Gasteiger partial charge in [0.05, 0.1) is 5.56 Å². The van der Waals surface area contributed by atoms with Gasteiger partial charge in [0.2, 0.25) is 0 Å². The Morgan fingerprint density at radius 3 is 2.44 bits per heavy atom. The van der Waals surface area contributed by atoms with Gasteiger partial charge in [-0.05, 0) is 24.3 Å². The first-order valence-electron chi connectivity index (χ1n) is 4.94. The molecule has 1 aromatic heterocycles. The largest absolute Gasteiger partial charge is 0.417 e. The number of halogens is 4. The van der Waals surface area contributed by atoms with Crippen molar-refractivity contribution in [2.75, 3.05) is 0 Å². The van der Waals surface area contributed by atoms with Gasteiger partial charge in [-0.3, -0.25) is 9.36 Å². The summed E-state index contributed by atoms with van der Waals surface area (Å²) >= 11 is 3.20. The van der Waals surface area contributed by atoms with Crippen molar-refractivity contribution in [2.45, 2.75) is 6.18 Å². The average Bonchev–Trinajstić information content (AvgIpc) is 2.28. The van der Waals surface area contributed by atoms with Gasteiger partial charge in [0.1, 0.15) is 0 Å². The fourth-order valence-electron chi connectivity index (χ4n) is 1.48. The summed E-state index contributed by atoms with van der Waals surface area (Å²) in [5, 5.41) is 0. The molecule has 18 heavy (non-hydrogen) atoms. The van der Waals surface area contributed by atoms with Crippen LogP contribution >= 0.6 is 15.9 Å². The van der Waals surface area contributed by atoms with Crippen LogP contribution in [0.15, 0.2) is 51.9 Å². The van der Waals surface area contributed by atoms with Gasteiger partial charge in [-0.25, -0.2) is 0 Å². The minimum absolute atomic E-state index is 0.375. The van der Waals surface area contributed by atoms with E-state index in [1.54, 1.807) is 24.3 Å². The number of rotatable bonds is 1. The molecule has 0 fully saturated rings. The van der Waals surface area contributed by atoms with Gasteiger partial charge < -0.3 is 0 Å². The molecule has 2 nitrogen and oxygen atoms in total. The molecule has 0 radical (unpaired) electrons. The van der Waals surface area contributed by atoms with E-state index < -0.39 is 17.3 Å². The van der Waals surface area contributed by atoms with Gasteiger partial charge in [0.25, 0.3) is 5.56 Å². The summed E-state index contributed by atoms with van der Waals surface area (Å²) in [6.07, 6.45) is -3.68. The van der Waals surface area contributed by atoms with Crippen molar-refractivity contribution in [3.8, 4) is 5.69 Å². The topological polar surface area (TPSA) is 22.0 Å². The van der Waals surface area contributed by atoms with Crippen LogP contribution in [0.3, 0.4) is 0 Å². The molecular weight excluding hydrogens is 311 g/mol. The maximum absolute atomic E-state index is 12.6. The molecule has 0 saturated carbocycles. The minimum atomic E-state index is -4.47. The molecule has 0 bridgehead atoms. The quantitative estimate of drug-likeness (QED) is 0.787. The third kappa shape index (κ3) is 2.64. The van der Waals surface area contributed by atoms with E-state index in [4.69, 9.17) is 0 Å². The van der Waals surface area contributed by atoms with Crippen molar-refractivity contribution in [1.82, 2.24) is 4.57 Å². The number of hydrogen-bond donors (Lipinski definition) is 0. The van der Waals surface area contributed by atoms with E-state index in [0.717, 1.165) is 22.9 Å². The maximum Gasteiger partial charge on any atom is 0.417 e. The zero-order chi connectivity index (χ0) is 13.3. The lowest BCUT2D eigenvalue weighted by molar-refractivity contribution is -0.138. The summed E-state index contributed by atoms with van der Waals surface area (Å²) in [7, 11) is 0. The molecule has 1 heterocycles. The number of nitrogens with zero attached hydrogens (tertiary/aromatic N) is 1. The van der Waals surface area contributed by atoms with E-state index in [1.165, 1.54) is 0 Å². The first-order valence-corrected chi connectivity index (χ1v) is 5.73. The number of benzene rings is 1. The first-order chi connectivity index (χ1) is 8.38. The van der Waals surface area contributed by atoms with E-state index in [1.807, 2.05) is 0 Å². The third-order valence-corrected chi connectivity index (χ3v) is 2.82. The van der Waals surface area contributed by atoms with E-state index in [2.05, 4.69) is 15.9 Å². The molecule has 0 aliphatic carbocycles. The van der Waals surface area contributed by atoms with Crippen molar-refractivity contribution in [1.29, 1.82) is 0 Å². The van der Waals surface area contributed by atoms with Gasteiger partial charge in [-0.2, -0.15) is 13.2 Å². The van der Waals surface area contributed by atoms with Crippen LogP contribution in [-0.4, -0.2) is 4.57 Å². The van der Waals surface area contributed by atoms with Crippen LogP contribution in [0.4, 0.5) is 13.2 Å². The highest BCUT2D eigenvalue weighted by Gasteiger charge is 2.31. The fourth-order valence-corrected chi connectivity index (χ4v) is 1.87. The second-order valence-corrected chi connectivity index (χ2v) is 4.52. The maximum atomic E-state index is 12.6. The lowest BCUT2D eigenvalue weighted by Crippen LogP contribution is -2.19. The molecule has 0 atom stereocenters. The smallest absolute Gasteiger partial charge is 0.284 e. The van der Waals surface area contributed by atoms with Crippen LogP contribution in [0, 0.1) is 0 Å². The summed E-state index contributed by atoms with van der Waals surface area (Å²) < 4.78 is 39.4. The summed E-state index contributed by atoms with van der Waals surface area (Å²) in [5.41, 5.74) is -0.997. The Kier molecular flexibility index (Phi) is 3.30. The average molecular weight is 318 g/mol. The normalized spacial score (nSPS) is 11.6. The standard InChI is InChI=1S/C12H7BrF3NO/c13-9-2-1-3-10(6-9)17-7-8(12(14,15)16)4-5-11(17)18/h1-7H. The van der Waals surface area contributed by atoms with E-state index in [0.29, 0.717) is 10.2 Å². The van der Waals surface area contributed by atoms with Crippen LogP contribution in [0.2, 0.25) is 0 Å². The highest BCUT2D eigenvalue weighted by molar-refractivity contribution is 9.10. The Hall–Kier alpha value is -1.56. The van der Waals surface area contributed by atoms with Crippen LogP contribution < -0.4 is 5.56 Å². The van der Waals surface area contributed by atoms with Crippen LogP contribution in [0.1, 0.15) is 5.56 Å². The molecule has 0 aliphatic heterocycles.